The van der Waals surface area contributed by atoms with Crippen molar-refractivity contribution in [1.29, 1.82) is 0 Å². The number of nitrogens with zero attached hydrogens (tertiary/aromatic N) is 3. The van der Waals surface area contributed by atoms with Crippen LogP contribution in [-0.4, -0.2) is 15.0 Å². The van der Waals surface area contributed by atoms with Gasteiger partial charge in [-0.05, 0) is 57.0 Å². The molecular weight excluding hydrogens is 647 g/mol. The lowest BCUT2D eigenvalue weighted by molar-refractivity contribution is 0.673. The Morgan fingerprint density at radius 2 is 0.698 bits per heavy atom. The second kappa shape index (κ2) is 12.9. The molecule has 10 aromatic rings. The molecule has 53 heavy (non-hydrogen) atoms. The first-order chi connectivity index (χ1) is 26.2. The zero-order valence-corrected chi connectivity index (χ0v) is 28.6. The predicted molar refractivity (Wildman–Crippen MR) is 217 cm³/mol. The SMILES string of the molecule is c1ccc(-c2ccc(-c3nc(-c4ccc(-c5ccccc5)cc4)nc(-c4cc5c6cc(-c7ccccc7)ccc6oc5c5ccccc45)n3)cc2)cc1. The van der Waals surface area contributed by atoms with Gasteiger partial charge in [0.2, 0.25) is 0 Å². The maximum Gasteiger partial charge on any atom is 0.164 e. The van der Waals surface area contributed by atoms with Crippen LogP contribution in [0.2, 0.25) is 0 Å². The topological polar surface area (TPSA) is 51.8 Å². The molecule has 10 rings (SSSR count). The van der Waals surface area contributed by atoms with Crippen LogP contribution in [-0.2, 0) is 0 Å². The summed E-state index contributed by atoms with van der Waals surface area (Å²) < 4.78 is 6.58. The first-order valence-corrected chi connectivity index (χ1v) is 17.8. The van der Waals surface area contributed by atoms with E-state index in [9.17, 15) is 0 Å². The van der Waals surface area contributed by atoms with Crippen molar-refractivity contribution in [3.05, 3.63) is 188 Å². The summed E-state index contributed by atoms with van der Waals surface area (Å²) in [5.41, 5.74) is 11.4. The van der Waals surface area contributed by atoms with Crippen LogP contribution >= 0.6 is 0 Å². The Labute approximate surface area is 306 Å². The predicted octanol–water partition coefficient (Wildman–Crippen LogP) is 12.9. The fourth-order valence-corrected chi connectivity index (χ4v) is 7.23. The molecule has 0 fully saturated rings. The van der Waals surface area contributed by atoms with Gasteiger partial charge in [0.1, 0.15) is 11.2 Å². The van der Waals surface area contributed by atoms with E-state index in [4.69, 9.17) is 19.4 Å². The van der Waals surface area contributed by atoms with Crippen molar-refractivity contribution in [1.82, 2.24) is 15.0 Å². The summed E-state index contributed by atoms with van der Waals surface area (Å²) in [6.07, 6.45) is 0. The molecule has 8 aromatic carbocycles. The molecule has 0 unspecified atom stereocenters. The van der Waals surface area contributed by atoms with E-state index < -0.39 is 0 Å². The number of hydrogen-bond donors (Lipinski definition) is 0. The van der Waals surface area contributed by atoms with Crippen LogP contribution in [0.3, 0.4) is 0 Å². The fourth-order valence-electron chi connectivity index (χ4n) is 7.23. The zero-order valence-electron chi connectivity index (χ0n) is 28.6. The van der Waals surface area contributed by atoms with Gasteiger partial charge in [0.25, 0.3) is 0 Å². The van der Waals surface area contributed by atoms with E-state index in [1.807, 2.05) is 18.2 Å². The molecular formula is C49H31N3O. The average Bonchev–Trinajstić information content (AvgIpc) is 3.62. The van der Waals surface area contributed by atoms with Crippen LogP contribution in [0, 0.1) is 0 Å². The summed E-state index contributed by atoms with van der Waals surface area (Å²) in [6, 6.07) is 65.1. The van der Waals surface area contributed by atoms with Crippen LogP contribution in [0.25, 0.3) is 100 Å². The number of fused-ring (bicyclic) bond motifs is 5. The first kappa shape index (κ1) is 30.6. The van der Waals surface area contributed by atoms with E-state index >= 15 is 0 Å². The molecule has 0 radical (unpaired) electrons. The monoisotopic (exact) mass is 677 g/mol. The standard InChI is InChI=1S/C49H31N3O/c1-4-12-32(13-5-1)35-20-24-37(25-21-35)47-50-48(38-26-22-36(23-27-38)33-14-6-2-7-15-33)52-49(51-47)44-31-43-42-30-39(34-16-8-3-9-17-34)28-29-45(42)53-46(43)41-19-11-10-18-40(41)44/h1-31H. The molecule has 2 heterocycles. The third-order valence-corrected chi connectivity index (χ3v) is 9.96. The van der Waals surface area contributed by atoms with Gasteiger partial charge in [0, 0.05) is 32.8 Å². The van der Waals surface area contributed by atoms with Crippen molar-refractivity contribution >= 4 is 32.7 Å². The molecule has 0 aliphatic rings. The van der Waals surface area contributed by atoms with Gasteiger partial charge in [-0.2, -0.15) is 0 Å². The van der Waals surface area contributed by atoms with E-state index in [1.54, 1.807) is 0 Å². The minimum Gasteiger partial charge on any atom is -0.455 e. The lowest BCUT2D eigenvalue weighted by atomic mass is 9.98. The maximum absolute atomic E-state index is 6.58. The van der Waals surface area contributed by atoms with Crippen LogP contribution in [0.5, 0.6) is 0 Å². The lowest BCUT2D eigenvalue weighted by Crippen LogP contribution is -2.00. The molecule has 4 heteroatoms. The number of benzene rings is 8. The molecule has 0 bridgehead atoms. The molecule has 0 aliphatic carbocycles. The Morgan fingerprint density at radius 3 is 1.25 bits per heavy atom. The Balaban J connectivity index is 1.17. The van der Waals surface area contributed by atoms with Gasteiger partial charge in [0.15, 0.2) is 17.5 Å². The minimum atomic E-state index is 0.607. The normalized spacial score (nSPS) is 11.4. The Kier molecular flexibility index (Phi) is 7.43. The molecule has 2 aromatic heterocycles. The molecule has 0 atom stereocenters. The summed E-state index contributed by atoms with van der Waals surface area (Å²) in [5, 5.41) is 4.11. The number of furan rings is 1. The quantitative estimate of drug-likeness (QED) is 0.176. The van der Waals surface area contributed by atoms with Crippen LogP contribution in [0.15, 0.2) is 192 Å². The Morgan fingerprint density at radius 1 is 0.283 bits per heavy atom. The van der Waals surface area contributed by atoms with Crippen molar-refractivity contribution in [3.63, 3.8) is 0 Å². The second-order valence-electron chi connectivity index (χ2n) is 13.2. The maximum atomic E-state index is 6.58. The highest BCUT2D eigenvalue weighted by Crippen LogP contribution is 2.41. The molecule has 0 N–H and O–H groups in total. The van der Waals surface area contributed by atoms with E-state index in [-0.39, 0.29) is 0 Å². The smallest absolute Gasteiger partial charge is 0.164 e. The van der Waals surface area contributed by atoms with Crippen LogP contribution in [0.4, 0.5) is 0 Å². The lowest BCUT2D eigenvalue weighted by Gasteiger charge is -2.12. The molecule has 248 valence electrons. The molecule has 4 nitrogen and oxygen atoms in total. The fraction of sp³-hybridized carbons (Fsp3) is 0. The minimum absolute atomic E-state index is 0.607. The summed E-state index contributed by atoms with van der Waals surface area (Å²) in [5.74, 6) is 1.84. The van der Waals surface area contributed by atoms with Gasteiger partial charge in [-0.15, -0.1) is 0 Å². The van der Waals surface area contributed by atoms with E-state index in [0.717, 1.165) is 82.8 Å². The number of rotatable bonds is 6. The average molecular weight is 678 g/mol. The van der Waals surface area contributed by atoms with Crippen molar-refractivity contribution < 1.29 is 4.42 Å². The van der Waals surface area contributed by atoms with Crippen molar-refractivity contribution in [2.75, 3.05) is 0 Å². The second-order valence-corrected chi connectivity index (χ2v) is 13.2. The highest BCUT2D eigenvalue weighted by atomic mass is 16.3. The summed E-state index contributed by atoms with van der Waals surface area (Å²) in [4.78, 5) is 15.5. The van der Waals surface area contributed by atoms with Crippen LogP contribution in [0.1, 0.15) is 0 Å². The van der Waals surface area contributed by atoms with E-state index in [0.29, 0.717) is 17.5 Å². The van der Waals surface area contributed by atoms with Crippen molar-refractivity contribution in [3.8, 4) is 67.5 Å². The van der Waals surface area contributed by atoms with Gasteiger partial charge in [-0.1, -0.05) is 170 Å². The largest absolute Gasteiger partial charge is 0.455 e. The van der Waals surface area contributed by atoms with E-state index in [1.165, 1.54) is 0 Å². The van der Waals surface area contributed by atoms with Crippen molar-refractivity contribution in [2.45, 2.75) is 0 Å². The van der Waals surface area contributed by atoms with Crippen molar-refractivity contribution in [2.24, 2.45) is 0 Å². The zero-order chi connectivity index (χ0) is 35.1. The molecule has 0 amide bonds. The Bertz CT molecular complexity index is 2800. The molecule has 0 saturated carbocycles. The summed E-state index contributed by atoms with van der Waals surface area (Å²) in [6.45, 7) is 0. The molecule has 0 spiro atoms. The Hall–Kier alpha value is -7.17. The van der Waals surface area contributed by atoms with Gasteiger partial charge >= 0.3 is 0 Å². The van der Waals surface area contributed by atoms with Gasteiger partial charge < -0.3 is 4.42 Å². The number of aromatic nitrogens is 3. The third-order valence-electron chi connectivity index (χ3n) is 9.96. The first-order valence-electron chi connectivity index (χ1n) is 17.8. The van der Waals surface area contributed by atoms with E-state index in [2.05, 4.69) is 170 Å². The summed E-state index contributed by atoms with van der Waals surface area (Å²) in [7, 11) is 0. The molecule has 0 aliphatic heterocycles. The molecule has 0 saturated heterocycles. The van der Waals surface area contributed by atoms with Gasteiger partial charge in [0.05, 0.1) is 0 Å². The van der Waals surface area contributed by atoms with Gasteiger partial charge in [-0.25, -0.2) is 15.0 Å². The highest BCUT2D eigenvalue weighted by molar-refractivity contribution is 6.19. The van der Waals surface area contributed by atoms with Crippen LogP contribution < -0.4 is 0 Å². The third kappa shape index (κ3) is 5.63. The van der Waals surface area contributed by atoms with Gasteiger partial charge in [-0.3, -0.25) is 0 Å². The summed E-state index contributed by atoms with van der Waals surface area (Å²) >= 11 is 0. The number of hydrogen-bond acceptors (Lipinski definition) is 4. The highest BCUT2D eigenvalue weighted by Gasteiger charge is 2.19.